The first-order valence-corrected chi connectivity index (χ1v) is 12.7. The molecule has 176 valence electrons. The highest BCUT2D eigenvalue weighted by Crippen LogP contribution is 2.23. The summed E-state index contributed by atoms with van der Waals surface area (Å²) in [5.41, 5.74) is 0.597. The number of sulfone groups is 1. The standard InChI is InChI=1S/C22H30N2O7S/c25-20(23-10-12-31-13-11-23)14-18(16-32(29,30)15-17-6-2-1-3-7-17)21(26)24-9-5-4-8-19(24)22(27)28/h1-3,6-7,18-19H,4-5,8-16H2,(H,27,28)/t18-,19-/m0/s1. The summed E-state index contributed by atoms with van der Waals surface area (Å²) in [5, 5.41) is 9.55. The first kappa shape index (κ1) is 24.2. The van der Waals surface area contributed by atoms with Crippen LogP contribution in [0.4, 0.5) is 0 Å². The number of carboxylic acid groups (broad SMARTS) is 1. The number of morpholine rings is 1. The van der Waals surface area contributed by atoms with Crippen LogP contribution in [-0.2, 0) is 34.7 Å². The Bertz CT molecular complexity index is 913. The lowest BCUT2D eigenvalue weighted by molar-refractivity contribution is -0.154. The van der Waals surface area contributed by atoms with Crippen molar-refractivity contribution in [2.75, 3.05) is 38.6 Å². The van der Waals surface area contributed by atoms with Crippen LogP contribution in [-0.4, -0.2) is 85.8 Å². The molecule has 10 heteroatoms. The highest BCUT2D eigenvalue weighted by atomic mass is 32.2. The second kappa shape index (κ2) is 10.9. The van der Waals surface area contributed by atoms with Crippen LogP contribution >= 0.6 is 0 Å². The van der Waals surface area contributed by atoms with E-state index in [0.29, 0.717) is 51.1 Å². The lowest BCUT2D eigenvalue weighted by atomic mass is 9.98. The van der Waals surface area contributed by atoms with Gasteiger partial charge in [0.2, 0.25) is 11.8 Å². The number of hydrogen-bond donors (Lipinski definition) is 1. The molecule has 1 N–H and O–H groups in total. The van der Waals surface area contributed by atoms with Gasteiger partial charge in [0.1, 0.15) is 6.04 Å². The van der Waals surface area contributed by atoms with Crippen LogP contribution in [0.25, 0.3) is 0 Å². The molecule has 2 aliphatic rings. The number of carbonyl (C=O) groups is 3. The van der Waals surface area contributed by atoms with Crippen molar-refractivity contribution in [1.29, 1.82) is 0 Å². The molecule has 2 amide bonds. The van der Waals surface area contributed by atoms with Gasteiger partial charge in [0, 0.05) is 26.1 Å². The van der Waals surface area contributed by atoms with Crippen LogP contribution in [0.15, 0.2) is 30.3 Å². The molecule has 2 aliphatic heterocycles. The van der Waals surface area contributed by atoms with Crippen LogP contribution in [0.1, 0.15) is 31.2 Å². The van der Waals surface area contributed by atoms with Crippen molar-refractivity contribution in [2.24, 2.45) is 5.92 Å². The summed E-state index contributed by atoms with van der Waals surface area (Å²) in [5.74, 6) is -3.87. The van der Waals surface area contributed by atoms with E-state index in [1.807, 2.05) is 0 Å². The molecule has 0 radical (unpaired) electrons. The van der Waals surface area contributed by atoms with Gasteiger partial charge in [-0.1, -0.05) is 30.3 Å². The number of rotatable bonds is 8. The lowest BCUT2D eigenvalue weighted by Gasteiger charge is -2.36. The Morgan fingerprint density at radius 3 is 2.41 bits per heavy atom. The van der Waals surface area contributed by atoms with Gasteiger partial charge in [-0.3, -0.25) is 9.59 Å². The molecule has 0 spiro atoms. The normalized spacial score (nSPS) is 20.6. The van der Waals surface area contributed by atoms with Crippen molar-refractivity contribution in [1.82, 2.24) is 9.80 Å². The first-order chi connectivity index (χ1) is 15.3. The van der Waals surface area contributed by atoms with E-state index in [1.54, 1.807) is 35.2 Å². The smallest absolute Gasteiger partial charge is 0.326 e. The summed E-state index contributed by atoms with van der Waals surface area (Å²) in [6.07, 6.45) is 1.39. The maximum Gasteiger partial charge on any atom is 0.326 e. The van der Waals surface area contributed by atoms with Gasteiger partial charge in [0.05, 0.1) is 30.6 Å². The number of aliphatic carboxylic acids is 1. The number of piperidine rings is 1. The molecule has 1 aromatic rings. The second-order valence-corrected chi connectivity index (χ2v) is 10.4. The van der Waals surface area contributed by atoms with E-state index >= 15 is 0 Å². The predicted octanol–water partition coefficient (Wildman–Crippen LogP) is 0.932. The Hall–Kier alpha value is -2.46. The molecule has 2 heterocycles. The number of likely N-dealkylation sites (tertiary alicyclic amines) is 1. The molecule has 0 aromatic heterocycles. The third kappa shape index (κ3) is 6.52. The second-order valence-electron chi connectivity index (χ2n) is 8.32. The molecule has 9 nitrogen and oxygen atoms in total. The molecule has 2 fully saturated rings. The molecule has 32 heavy (non-hydrogen) atoms. The largest absolute Gasteiger partial charge is 0.480 e. The van der Waals surface area contributed by atoms with Crippen LogP contribution in [0.2, 0.25) is 0 Å². The van der Waals surface area contributed by atoms with Crippen LogP contribution in [0.5, 0.6) is 0 Å². The van der Waals surface area contributed by atoms with Crippen molar-refractivity contribution in [3.8, 4) is 0 Å². The fourth-order valence-electron chi connectivity index (χ4n) is 4.25. The topological polar surface area (TPSA) is 121 Å². The van der Waals surface area contributed by atoms with Crippen LogP contribution in [0, 0.1) is 5.92 Å². The van der Waals surface area contributed by atoms with Gasteiger partial charge in [-0.05, 0) is 24.8 Å². The molecular formula is C22H30N2O7S. The van der Waals surface area contributed by atoms with E-state index in [9.17, 15) is 27.9 Å². The zero-order chi connectivity index (χ0) is 23.1. The quantitative estimate of drug-likeness (QED) is 0.605. The third-order valence-corrected chi connectivity index (χ3v) is 7.57. The molecule has 1 aromatic carbocycles. The van der Waals surface area contributed by atoms with Gasteiger partial charge in [0.25, 0.3) is 0 Å². The zero-order valence-electron chi connectivity index (χ0n) is 18.0. The molecule has 2 saturated heterocycles. The minimum Gasteiger partial charge on any atom is -0.480 e. The average Bonchev–Trinajstić information content (AvgIpc) is 2.78. The average molecular weight is 467 g/mol. The summed E-state index contributed by atoms with van der Waals surface area (Å²) < 4.78 is 31.1. The number of nitrogens with zero attached hydrogens (tertiary/aromatic N) is 2. The Morgan fingerprint density at radius 1 is 1.06 bits per heavy atom. The van der Waals surface area contributed by atoms with Gasteiger partial charge in [-0.15, -0.1) is 0 Å². The number of carboxylic acids is 1. The molecule has 0 aliphatic carbocycles. The Balaban J connectivity index is 1.80. The maximum absolute atomic E-state index is 13.4. The van der Waals surface area contributed by atoms with Gasteiger partial charge in [-0.2, -0.15) is 0 Å². The molecule has 2 atom stereocenters. The van der Waals surface area contributed by atoms with E-state index in [2.05, 4.69) is 0 Å². The number of benzene rings is 1. The SMILES string of the molecule is O=C(O)[C@@H]1CCCCN1C(=O)[C@@H](CC(=O)N1CCOCC1)CS(=O)(=O)Cc1ccccc1. The Labute approximate surface area is 188 Å². The van der Waals surface area contributed by atoms with E-state index in [0.717, 1.165) is 0 Å². The number of carbonyl (C=O) groups excluding carboxylic acids is 2. The molecule has 0 bridgehead atoms. The lowest BCUT2D eigenvalue weighted by Crippen LogP contribution is -2.52. The van der Waals surface area contributed by atoms with Crippen molar-refractivity contribution < 1.29 is 32.6 Å². The Morgan fingerprint density at radius 2 is 1.75 bits per heavy atom. The van der Waals surface area contributed by atoms with E-state index in [4.69, 9.17) is 4.74 Å². The minimum atomic E-state index is -3.72. The van der Waals surface area contributed by atoms with Crippen molar-refractivity contribution in [3.05, 3.63) is 35.9 Å². The van der Waals surface area contributed by atoms with Gasteiger partial charge >= 0.3 is 5.97 Å². The van der Waals surface area contributed by atoms with Gasteiger partial charge in [0.15, 0.2) is 9.84 Å². The first-order valence-electron chi connectivity index (χ1n) is 10.9. The number of ether oxygens (including phenoxy) is 1. The number of amides is 2. The molecule has 0 saturated carbocycles. The van der Waals surface area contributed by atoms with Crippen LogP contribution in [0.3, 0.4) is 0 Å². The highest BCUT2D eigenvalue weighted by molar-refractivity contribution is 7.90. The van der Waals surface area contributed by atoms with Crippen molar-refractivity contribution in [3.63, 3.8) is 0 Å². The predicted molar refractivity (Wildman–Crippen MR) is 116 cm³/mol. The summed E-state index contributed by atoms with van der Waals surface area (Å²) in [7, 11) is -3.72. The molecular weight excluding hydrogens is 436 g/mol. The summed E-state index contributed by atoms with van der Waals surface area (Å²) in [6, 6.07) is 7.65. The highest BCUT2D eigenvalue weighted by Gasteiger charge is 2.38. The van der Waals surface area contributed by atoms with Crippen molar-refractivity contribution in [2.45, 2.75) is 37.5 Å². The van der Waals surface area contributed by atoms with E-state index < -0.39 is 39.4 Å². The fraction of sp³-hybridized carbons (Fsp3) is 0.591. The van der Waals surface area contributed by atoms with Gasteiger partial charge in [-0.25, -0.2) is 13.2 Å². The summed E-state index contributed by atoms with van der Waals surface area (Å²) >= 11 is 0. The monoisotopic (exact) mass is 466 g/mol. The van der Waals surface area contributed by atoms with E-state index in [-0.39, 0.29) is 24.6 Å². The summed E-state index contributed by atoms with van der Waals surface area (Å²) in [4.78, 5) is 40.7. The van der Waals surface area contributed by atoms with Crippen LogP contribution < -0.4 is 0 Å². The summed E-state index contributed by atoms with van der Waals surface area (Å²) in [6.45, 7) is 1.81. The maximum atomic E-state index is 13.4. The molecule has 0 unspecified atom stereocenters. The van der Waals surface area contributed by atoms with Crippen molar-refractivity contribution >= 4 is 27.6 Å². The fourth-order valence-corrected chi connectivity index (χ4v) is 5.94. The van der Waals surface area contributed by atoms with Gasteiger partial charge < -0.3 is 19.6 Å². The minimum absolute atomic E-state index is 0.244. The zero-order valence-corrected chi connectivity index (χ0v) is 18.8. The van der Waals surface area contributed by atoms with E-state index in [1.165, 1.54) is 4.90 Å². The third-order valence-electron chi connectivity index (χ3n) is 5.89. The number of hydrogen-bond acceptors (Lipinski definition) is 6. The molecule has 3 rings (SSSR count). The Kier molecular flexibility index (Phi) is 8.25.